The van der Waals surface area contributed by atoms with Gasteiger partial charge in [-0.3, -0.25) is 20.4 Å². The van der Waals surface area contributed by atoms with E-state index >= 15 is 0 Å². The Bertz CT molecular complexity index is 776. The summed E-state index contributed by atoms with van der Waals surface area (Å²) in [6, 6.07) is 11.7. The van der Waals surface area contributed by atoms with Crippen LogP contribution in [0.2, 0.25) is 5.02 Å². The molecule has 2 N–H and O–H groups in total. The highest BCUT2D eigenvalue weighted by molar-refractivity contribution is 6.30. The summed E-state index contributed by atoms with van der Waals surface area (Å²) in [6.07, 6.45) is 0.0539. The average molecular weight is 377 g/mol. The smallest absolute Gasteiger partial charge is 0.276 e. The lowest BCUT2D eigenvalue weighted by molar-refractivity contribution is -0.123. The zero-order valence-corrected chi connectivity index (χ0v) is 15.6. The summed E-state index contributed by atoms with van der Waals surface area (Å²) in [5.41, 5.74) is 5.86. The molecule has 0 aliphatic rings. The highest BCUT2D eigenvalue weighted by Gasteiger charge is 2.09. The Balaban J connectivity index is 1.80. The van der Waals surface area contributed by atoms with Gasteiger partial charge in [-0.05, 0) is 68.8 Å². The molecule has 0 aliphatic carbocycles. The maximum atomic E-state index is 12.0. The van der Waals surface area contributed by atoms with Gasteiger partial charge in [-0.2, -0.15) is 0 Å². The number of halogens is 1. The van der Waals surface area contributed by atoms with Gasteiger partial charge in [0.1, 0.15) is 11.5 Å². The van der Waals surface area contributed by atoms with E-state index in [9.17, 15) is 9.59 Å². The fraction of sp³-hybridized carbons (Fsp3) is 0.263. The molecule has 0 heterocycles. The molecule has 7 heteroatoms. The molecule has 0 radical (unpaired) electrons. The van der Waals surface area contributed by atoms with E-state index in [-0.39, 0.29) is 12.7 Å². The minimum Gasteiger partial charge on any atom is -0.491 e. The third-order valence-corrected chi connectivity index (χ3v) is 3.53. The van der Waals surface area contributed by atoms with Crippen molar-refractivity contribution >= 4 is 23.4 Å². The fourth-order valence-electron chi connectivity index (χ4n) is 2.11. The molecule has 6 nitrogen and oxygen atoms in total. The predicted molar refractivity (Wildman–Crippen MR) is 99.5 cm³/mol. The van der Waals surface area contributed by atoms with Crippen molar-refractivity contribution in [3.8, 4) is 11.5 Å². The summed E-state index contributed by atoms with van der Waals surface area (Å²) in [5, 5.41) is 0.594. The van der Waals surface area contributed by atoms with Gasteiger partial charge in [0.05, 0.1) is 6.10 Å². The number of hydrogen-bond donors (Lipinski definition) is 2. The van der Waals surface area contributed by atoms with E-state index in [1.165, 1.54) is 0 Å². The van der Waals surface area contributed by atoms with Crippen molar-refractivity contribution in [2.75, 3.05) is 6.61 Å². The molecule has 2 aromatic carbocycles. The number of carbonyl (C=O) groups excluding carboxylic acids is 2. The molecule has 138 valence electrons. The maximum Gasteiger partial charge on any atom is 0.276 e. The van der Waals surface area contributed by atoms with Crippen LogP contribution in [-0.2, 0) is 4.79 Å². The molecule has 26 heavy (non-hydrogen) atoms. The second kappa shape index (κ2) is 9.10. The number of hydrogen-bond acceptors (Lipinski definition) is 4. The zero-order chi connectivity index (χ0) is 19.1. The molecule has 2 rings (SSSR count). The van der Waals surface area contributed by atoms with Crippen LogP contribution in [0.15, 0.2) is 42.5 Å². The van der Waals surface area contributed by atoms with Gasteiger partial charge in [0.2, 0.25) is 0 Å². The van der Waals surface area contributed by atoms with E-state index in [4.69, 9.17) is 21.1 Å². The SMILES string of the molecule is Cc1cc(Cl)ccc1OCC(=O)NNC(=O)c1ccc(OC(C)C)cc1. The number of nitrogens with one attached hydrogen (secondary N) is 2. The molecule has 0 unspecified atom stereocenters. The van der Waals surface area contributed by atoms with Gasteiger partial charge in [-0.15, -0.1) is 0 Å². The van der Waals surface area contributed by atoms with Crippen molar-refractivity contribution in [1.29, 1.82) is 0 Å². The van der Waals surface area contributed by atoms with E-state index in [0.717, 1.165) is 5.56 Å². The van der Waals surface area contributed by atoms with Crippen molar-refractivity contribution in [2.24, 2.45) is 0 Å². The van der Waals surface area contributed by atoms with Crippen LogP contribution in [0.5, 0.6) is 11.5 Å². The average Bonchev–Trinajstić information content (AvgIpc) is 2.59. The highest BCUT2D eigenvalue weighted by Crippen LogP contribution is 2.21. The molecule has 0 aromatic heterocycles. The number of hydrazine groups is 1. The standard InChI is InChI=1S/C19H21ClN2O4/c1-12(2)26-16-7-4-14(5-8-16)19(24)22-21-18(23)11-25-17-9-6-15(20)10-13(17)3/h4-10,12H,11H2,1-3H3,(H,21,23)(H,22,24). The first-order valence-corrected chi connectivity index (χ1v) is 8.48. The lowest BCUT2D eigenvalue weighted by Gasteiger charge is -2.11. The van der Waals surface area contributed by atoms with Crippen molar-refractivity contribution in [3.05, 3.63) is 58.6 Å². The molecular weight excluding hydrogens is 356 g/mol. The van der Waals surface area contributed by atoms with Gasteiger partial charge in [-0.1, -0.05) is 11.6 Å². The van der Waals surface area contributed by atoms with E-state index in [1.807, 2.05) is 20.8 Å². The highest BCUT2D eigenvalue weighted by atomic mass is 35.5. The molecule has 0 saturated carbocycles. The molecule has 0 atom stereocenters. The van der Waals surface area contributed by atoms with Crippen LogP contribution in [-0.4, -0.2) is 24.5 Å². The van der Waals surface area contributed by atoms with Crippen molar-refractivity contribution in [2.45, 2.75) is 26.9 Å². The van der Waals surface area contributed by atoms with Gasteiger partial charge < -0.3 is 9.47 Å². The zero-order valence-electron chi connectivity index (χ0n) is 14.8. The number of ether oxygens (including phenoxy) is 2. The van der Waals surface area contributed by atoms with Gasteiger partial charge in [0.15, 0.2) is 6.61 Å². The molecule has 2 amide bonds. The van der Waals surface area contributed by atoms with Crippen molar-refractivity contribution < 1.29 is 19.1 Å². The van der Waals surface area contributed by atoms with Crippen molar-refractivity contribution in [1.82, 2.24) is 10.9 Å². The third kappa shape index (κ3) is 5.97. The normalized spacial score (nSPS) is 10.3. The Morgan fingerprint density at radius 2 is 1.77 bits per heavy atom. The number of aryl methyl sites for hydroxylation is 1. The van der Waals surface area contributed by atoms with Gasteiger partial charge in [0, 0.05) is 10.6 Å². The van der Waals surface area contributed by atoms with E-state index in [0.29, 0.717) is 22.1 Å². The largest absolute Gasteiger partial charge is 0.491 e. The first kappa shape index (κ1) is 19.6. The summed E-state index contributed by atoms with van der Waals surface area (Å²) in [6.45, 7) is 5.44. The van der Waals surface area contributed by atoms with Crippen molar-refractivity contribution in [3.63, 3.8) is 0 Å². The number of amides is 2. The maximum absolute atomic E-state index is 12.0. The van der Waals surface area contributed by atoms with Crippen LogP contribution >= 0.6 is 11.6 Å². The Kier molecular flexibility index (Phi) is 6.86. The molecular formula is C19H21ClN2O4. The monoisotopic (exact) mass is 376 g/mol. The molecule has 0 aliphatic heterocycles. The number of benzene rings is 2. The third-order valence-electron chi connectivity index (χ3n) is 3.30. The summed E-state index contributed by atoms with van der Waals surface area (Å²) in [7, 11) is 0. The fourth-order valence-corrected chi connectivity index (χ4v) is 2.34. The molecule has 0 saturated heterocycles. The van der Waals surface area contributed by atoms with Crippen LogP contribution in [0.1, 0.15) is 29.8 Å². The Morgan fingerprint density at radius 1 is 1.08 bits per heavy atom. The number of rotatable bonds is 6. The summed E-state index contributed by atoms with van der Waals surface area (Å²) >= 11 is 5.87. The topological polar surface area (TPSA) is 76.7 Å². The summed E-state index contributed by atoms with van der Waals surface area (Å²) < 4.78 is 10.9. The summed E-state index contributed by atoms with van der Waals surface area (Å²) in [5.74, 6) is 0.313. The van der Waals surface area contributed by atoms with Crippen LogP contribution in [0.3, 0.4) is 0 Å². The van der Waals surface area contributed by atoms with Gasteiger partial charge in [-0.25, -0.2) is 0 Å². The molecule has 0 fully saturated rings. The second-order valence-electron chi connectivity index (χ2n) is 5.89. The van der Waals surface area contributed by atoms with E-state index in [2.05, 4.69) is 10.9 Å². The van der Waals surface area contributed by atoms with Crippen LogP contribution < -0.4 is 20.3 Å². The predicted octanol–water partition coefficient (Wildman–Crippen LogP) is 3.28. The number of carbonyl (C=O) groups is 2. The lowest BCUT2D eigenvalue weighted by atomic mass is 10.2. The van der Waals surface area contributed by atoms with Gasteiger partial charge in [0.25, 0.3) is 11.8 Å². The minimum atomic E-state index is -0.479. The van der Waals surface area contributed by atoms with E-state index in [1.54, 1.807) is 42.5 Å². The van der Waals surface area contributed by atoms with E-state index < -0.39 is 11.8 Å². The lowest BCUT2D eigenvalue weighted by Crippen LogP contribution is -2.43. The Hall–Kier alpha value is -2.73. The molecule has 0 bridgehead atoms. The Labute approximate surface area is 157 Å². The molecule has 2 aromatic rings. The minimum absolute atomic E-state index is 0.0539. The van der Waals surface area contributed by atoms with Crippen LogP contribution in [0.25, 0.3) is 0 Å². The quantitative estimate of drug-likeness (QED) is 0.758. The first-order valence-electron chi connectivity index (χ1n) is 8.10. The van der Waals surface area contributed by atoms with Crippen LogP contribution in [0.4, 0.5) is 0 Å². The Morgan fingerprint density at radius 3 is 2.38 bits per heavy atom. The summed E-state index contributed by atoms with van der Waals surface area (Å²) in [4.78, 5) is 23.8. The molecule has 0 spiro atoms. The van der Waals surface area contributed by atoms with Crippen LogP contribution in [0, 0.1) is 6.92 Å². The second-order valence-corrected chi connectivity index (χ2v) is 6.33. The van der Waals surface area contributed by atoms with Gasteiger partial charge >= 0.3 is 0 Å². The first-order chi connectivity index (χ1) is 12.3.